The van der Waals surface area contributed by atoms with Crippen LogP contribution in [0.2, 0.25) is 20.1 Å². The molecule has 0 aliphatic carbocycles. The van der Waals surface area contributed by atoms with E-state index in [-0.39, 0.29) is 0 Å². The molecule has 6 heteroatoms. The topological polar surface area (TPSA) is 24.7 Å². The molecule has 0 N–H and O–H groups in total. The van der Waals surface area contributed by atoms with Gasteiger partial charge in [0.05, 0.1) is 12.4 Å². The standard InChI is InChI=1S/C14H8Cl4N2/c15-11-1-9(2-12(16)5-11)7-19-20-8-10-3-13(17)6-14(18)4-10/h1-8H/b19-7+,20-8+. The third-order valence-electron chi connectivity index (χ3n) is 2.25. The van der Waals surface area contributed by atoms with Crippen LogP contribution in [0.5, 0.6) is 0 Å². The first-order valence-electron chi connectivity index (χ1n) is 5.51. The first-order valence-corrected chi connectivity index (χ1v) is 7.03. The maximum absolute atomic E-state index is 5.88. The molecule has 0 saturated heterocycles. The summed E-state index contributed by atoms with van der Waals surface area (Å²) in [5.41, 5.74) is 1.53. The lowest BCUT2D eigenvalue weighted by atomic mass is 10.2. The van der Waals surface area contributed by atoms with Gasteiger partial charge in [-0.05, 0) is 47.5 Å². The van der Waals surface area contributed by atoms with Gasteiger partial charge in [-0.15, -0.1) is 0 Å². The van der Waals surface area contributed by atoms with Gasteiger partial charge in [0.15, 0.2) is 0 Å². The second-order valence-electron chi connectivity index (χ2n) is 3.89. The van der Waals surface area contributed by atoms with E-state index in [0.29, 0.717) is 20.1 Å². The summed E-state index contributed by atoms with van der Waals surface area (Å²) in [5, 5.41) is 10.0. The number of rotatable bonds is 3. The van der Waals surface area contributed by atoms with Crippen LogP contribution in [0.4, 0.5) is 0 Å². The lowest BCUT2D eigenvalue weighted by molar-refractivity contribution is 1.26. The minimum atomic E-state index is 0.546. The van der Waals surface area contributed by atoms with E-state index in [2.05, 4.69) is 10.2 Å². The number of nitrogens with zero attached hydrogens (tertiary/aromatic N) is 2. The predicted molar refractivity (Wildman–Crippen MR) is 88.1 cm³/mol. The molecule has 0 fully saturated rings. The van der Waals surface area contributed by atoms with Crippen molar-refractivity contribution in [1.29, 1.82) is 0 Å². The first kappa shape index (κ1) is 15.3. The normalized spacial score (nSPS) is 11.6. The third kappa shape index (κ3) is 4.80. The summed E-state index contributed by atoms with van der Waals surface area (Å²) in [4.78, 5) is 0. The van der Waals surface area contributed by atoms with Crippen molar-refractivity contribution >= 4 is 58.8 Å². The molecule has 0 radical (unpaired) electrons. The van der Waals surface area contributed by atoms with Crippen LogP contribution in [-0.2, 0) is 0 Å². The van der Waals surface area contributed by atoms with Crippen molar-refractivity contribution in [2.24, 2.45) is 10.2 Å². The molecular weight excluding hydrogens is 338 g/mol. The second kappa shape index (κ2) is 7.09. The molecule has 0 bridgehead atoms. The van der Waals surface area contributed by atoms with E-state index in [9.17, 15) is 0 Å². The van der Waals surface area contributed by atoms with E-state index in [4.69, 9.17) is 46.4 Å². The van der Waals surface area contributed by atoms with Crippen LogP contribution in [-0.4, -0.2) is 12.4 Å². The van der Waals surface area contributed by atoms with Gasteiger partial charge in [-0.2, -0.15) is 10.2 Å². The van der Waals surface area contributed by atoms with Gasteiger partial charge in [-0.1, -0.05) is 46.4 Å². The highest BCUT2D eigenvalue weighted by Crippen LogP contribution is 2.19. The predicted octanol–water partition coefficient (Wildman–Crippen LogP) is 5.75. The number of halogens is 4. The molecule has 0 atom stereocenters. The molecule has 0 unspecified atom stereocenters. The Kier molecular flexibility index (Phi) is 5.44. The summed E-state index contributed by atoms with van der Waals surface area (Å²) >= 11 is 23.5. The summed E-state index contributed by atoms with van der Waals surface area (Å²) in [5.74, 6) is 0. The average Bonchev–Trinajstić information content (AvgIpc) is 2.32. The van der Waals surface area contributed by atoms with Gasteiger partial charge in [-0.25, -0.2) is 0 Å². The summed E-state index contributed by atoms with van der Waals surface area (Å²) in [7, 11) is 0. The highest BCUT2D eigenvalue weighted by molar-refractivity contribution is 6.35. The second-order valence-corrected chi connectivity index (χ2v) is 5.64. The largest absolute Gasteiger partial charge is 0.159 e. The smallest absolute Gasteiger partial charge is 0.0569 e. The number of hydrogen-bond donors (Lipinski definition) is 0. The zero-order chi connectivity index (χ0) is 14.5. The Morgan fingerprint density at radius 3 is 1.15 bits per heavy atom. The van der Waals surface area contributed by atoms with Gasteiger partial charge in [0.25, 0.3) is 0 Å². The van der Waals surface area contributed by atoms with E-state index in [0.717, 1.165) is 11.1 Å². The maximum Gasteiger partial charge on any atom is 0.0569 e. The molecule has 20 heavy (non-hydrogen) atoms. The fourth-order valence-electron chi connectivity index (χ4n) is 1.50. The highest BCUT2D eigenvalue weighted by Gasteiger charge is 1.96. The van der Waals surface area contributed by atoms with Gasteiger partial charge in [0.1, 0.15) is 0 Å². The monoisotopic (exact) mass is 344 g/mol. The van der Waals surface area contributed by atoms with E-state index in [1.165, 1.54) is 0 Å². The summed E-state index contributed by atoms with van der Waals surface area (Å²) in [6.45, 7) is 0. The minimum absolute atomic E-state index is 0.546. The minimum Gasteiger partial charge on any atom is -0.159 e. The Labute approximate surface area is 136 Å². The summed E-state index contributed by atoms with van der Waals surface area (Å²) in [6, 6.07) is 10.3. The molecular formula is C14H8Cl4N2. The number of benzene rings is 2. The molecule has 0 spiro atoms. The summed E-state index contributed by atoms with van der Waals surface area (Å²) in [6.07, 6.45) is 3.11. The van der Waals surface area contributed by atoms with E-state index in [1.54, 1.807) is 48.8 Å². The molecule has 2 rings (SSSR count). The Hall–Kier alpha value is -1.06. The summed E-state index contributed by atoms with van der Waals surface area (Å²) < 4.78 is 0. The van der Waals surface area contributed by atoms with Crippen molar-refractivity contribution in [3.63, 3.8) is 0 Å². The third-order valence-corrected chi connectivity index (χ3v) is 3.12. The van der Waals surface area contributed by atoms with Gasteiger partial charge >= 0.3 is 0 Å². The maximum atomic E-state index is 5.88. The van der Waals surface area contributed by atoms with E-state index < -0.39 is 0 Å². The fraction of sp³-hybridized carbons (Fsp3) is 0. The molecule has 0 aromatic heterocycles. The molecule has 0 heterocycles. The van der Waals surface area contributed by atoms with Crippen molar-refractivity contribution in [3.8, 4) is 0 Å². The molecule has 0 saturated carbocycles. The Balaban J connectivity index is 2.10. The van der Waals surface area contributed by atoms with Crippen LogP contribution in [0, 0.1) is 0 Å². The Morgan fingerprint density at radius 1 is 0.550 bits per heavy atom. The van der Waals surface area contributed by atoms with Crippen LogP contribution < -0.4 is 0 Å². The van der Waals surface area contributed by atoms with Crippen molar-refractivity contribution in [2.45, 2.75) is 0 Å². The molecule has 0 aliphatic heterocycles. The van der Waals surface area contributed by atoms with Crippen LogP contribution in [0.1, 0.15) is 11.1 Å². The Morgan fingerprint density at radius 2 is 0.850 bits per heavy atom. The molecule has 2 nitrogen and oxygen atoms in total. The fourth-order valence-corrected chi connectivity index (χ4v) is 2.59. The zero-order valence-corrected chi connectivity index (χ0v) is 13.0. The number of hydrogen-bond acceptors (Lipinski definition) is 2. The molecule has 2 aromatic rings. The zero-order valence-electron chi connectivity index (χ0n) is 10.0. The van der Waals surface area contributed by atoms with Crippen molar-refractivity contribution in [1.82, 2.24) is 0 Å². The average molecular weight is 346 g/mol. The van der Waals surface area contributed by atoms with Gasteiger partial charge in [-0.3, -0.25) is 0 Å². The van der Waals surface area contributed by atoms with Gasteiger partial charge < -0.3 is 0 Å². The highest BCUT2D eigenvalue weighted by atomic mass is 35.5. The first-order chi connectivity index (χ1) is 9.52. The van der Waals surface area contributed by atoms with Crippen LogP contribution in [0.15, 0.2) is 46.6 Å². The SMILES string of the molecule is Clc1cc(Cl)cc(/C=N/N=C/c2cc(Cl)cc(Cl)c2)c1. The quantitative estimate of drug-likeness (QED) is 0.499. The lowest BCUT2D eigenvalue weighted by Crippen LogP contribution is -1.82. The lowest BCUT2D eigenvalue weighted by Gasteiger charge is -1.96. The Bertz CT molecular complexity index is 581. The van der Waals surface area contributed by atoms with Gasteiger partial charge in [0.2, 0.25) is 0 Å². The van der Waals surface area contributed by atoms with Crippen LogP contribution >= 0.6 is 46.4 Å². The van der Waals surface area contributed by atoms with Crippen LogP contribution in [0.3, 0.4) is 0 Å². The van der Waals surface area contributed by atoms with Crippen molar-refractivity contribution < 1.29 is 0 Å². The van der Waals surface area contributed by atoms with E-state index in [1.807, 2.05) is 0 Å². The molecule has 2 aromatic carbocycles. The van der Waals surface area contributed by atoms with Crippen LogP contribution in [0.25, 0.3) is 0 Å². The molecule has 0 amide bonds. The van der Waals surface area contributed by atoms with Crippen molar-refractivity contribution in [3.05, 3.63) is 67.6 Å². The van der Waals surface area contributed by atoms with E-state index >= 15 is 0 Å². The molecule has 102 valence electrons. The molecule has 0 aliphatic rings. The van der Waals surface area contributed by atoms with Gasteiger partial charge in [0, 0.05) is 20.1 Å². The van der Waals surface area contributed by atoms with Crippen molar-refractivity contribution in [2.75, 3.05) is 0 Å².